The van der Waals surface area contributed by atoms with Crippen molar-refractivity contribution in [3.05, 3.63) is 12.2 Å². The summed E-state index contributed by atoms with van der Waals surface area (Å²) in [7, 11) is 1.59. The fourth-order valence-electron chi connectivity index (χ4n) is 9.28. The van der Waals surface area contributed by atoms with E-state index in [0.717, 1.165) is 32.1 Å². The van der Waals surface area contributed by atoms with Crippen LogP contribution in [0.25, 0.3) is 0 Å². The molecule has 0 rings (SSSR count). The Hall–Kier alpha value is -0.760. The minimum absolute atomic E-state index is 0.0652. The van der Waals surface area contributed by atoms with Gasteiger partial charge in [-0.1, -0.05) is 296 Å². The van der Waals surface area contributed by atoms with E-state index in [4.69, 9.17) is 9.05 Å². The van der Waals surface area contributed by atoms with Crippen molar-refractivity contribution in [2.45, 2.75) is 321 Å². The number of nitrogens with zero attached hydrogens (tertiary/aromatic N) is 1. The Morgan fingerprint density at radius 2 is 0.779 bits per heavy atom. The number of hydrogen-bond donors (Lipinski definition) is 3. The van der Waals surface area contributed by atoms with Crippen molar-refractivity contribution in [1.82, 2.24) is 5.32 Å². The Bertz CT molecular complexity index is 1120. The Morgan fingerprint density at radius 3 is 1.09 bits per heavy atom. The number of carbonyl (C=O) groups excluding carboxylic acids is 1. The maximum atomic E-state index is 13.0. The predicted molar refractivity (Wildman–Crippen MR) is 295 cm³/mol. The van der Waals surface area contributed by atoms with Crippen LogP contribution >= 0.6 is 7.82 Å². The molecule has 3 atom stereocenters. The highest BCUT2D eigenvalue weighted by atomic mass is 31.2. The molecule has 0 spiro atoms. The molecule has 0 fully saturated rings. The number of phosphoric acid groups is 1. The number of aliphatic hydroxyl groups excluding tert-OH is 1. The Labute approximate surface area is 424 Å². The molecular formula is C59H120N2O6P+. The van der Waals surface area contributed by atoms with Gasteiger partial charge in [-0.15, -0.1) is 0 Å². The molecule has 9 heteroatoms. The molecule has 0 aromatic carbocycles. The van der Waals surface area contributed by atoms with Gasteiger partial charge in [-0.05, 0) is 19.3 Å². The van der Waals surface area contributed by atoms with Crippen molar-refractivity contribution in [3.8, 4) is 0 Å². The third-order valence-corrected chi connectivity index (χ3v) is 15.0. The molecule has 0 saturated carbocycles. The van der Waals surface area contributed by atoms with Crippen LogP contribution in [0.2, 0.25) is 0 Å². The number of rotatable bonds is 56. The highest BCUT2D eigenvalue weighted by Gasteiger charge is 2.27. The monoisotopic (exact) mass is 984 g/mol. The van der Waals surface area contributed by atoms with Crippen molar-refractivity contribution in [1.29, 1.82) is 0 Å². The third-order valence-electron chi connectivity index (χ3n) is 14.0. The van der Waals surface area contributed by atoms with Crippen LogP contribution in [0.3, 0.4) is 0 Å². The van der Waals surface area contributed by atoms with Crippen LogP contribution < -0.4 is 5.32 Å². The summed E-state index contributed by atoms with van der Waals surface area (Å²) in [5.41, 5.74) is 0. The van der Waals surface area contributed by atoms with Crippen LogP contribution in [0.5, 0.6) is 0 Å². The van der Waals surface area contributed by atoms with Gasteiger partial charge in [0, 0.05) is 6.42 Å². The lowest BCUT2D eigenvalue weighted by Gasteiger charge is -2.25. The lowest BCUT2D eigenvalue weighted by atomic mass is 10.0. The molecule has 3 unspecified atom stereocenters. The first-order valence-corrected chi connectivity index (χ1v) is 31.6. The second-order valence-corrected chi connectivity index (χ2v) is 23.5. The molecule has 0 aromatic heterocycles. The number of phosphoric ester groups is 1. The lowest BCUT2D eigenvalue weighted by molar-refractivity contribution is -0.870. The molecule has 0 aliphatic heterocycles. The summed E-state index contributed by atoms with van der Waals surface area (Å²) in [6.45, 7) is 4.87. The normalized spacial score (nSPS) is 13.9. The van der Waals surface area contributed by atoms with Gasteiger partial charge in [-0.25, -0.2) is 4.57 Å². The van der Waals surface area contributed by atoms with E-state index in [1.807, 2.05) is 27.2 Å². The van der Waals surface area contributed by atoms with Gasteiger partial charge in [0.15, 0.2) is 0 Å². The van der Waals surface area contributed by atoms with Gasteiger partial charge in [-0.2, -0.15) is 0 Å². The fraction of sp³-hybridized carbons (Fsp3) is 0.949. The van der Waals surface area contributed by atoms with Gasteiger partial charge in [0.05, 0.1) is 39.9 Å². The van der Waals surface area contributed by atoms with E-state index in [2.05, 4.69) is 19.2 Å². The summed E-state index contributed by atoms with van der Waals surface area (Å²) in [5, 5.41) is 13.9. The zero-order valence-electron chi connectivity index (χ0n) is 46.4. The van der Waals surface area contributed by atoms with E-state index in [1.165, 1.54) is 257 Å². The highest BCUT2D eigenvalue weighted by Crippen LogP contribution is 2.43. The van der Waals surface area contributed by atoms with Crippen molar-refractivity contribution in [2.24, 2.45) is 0 Å². The van der Waals surface area contributed by atoms with Crippen molar-refractivity contribution >= 4 is 13.7 Å². The Morgan fingerprint density at radius 1 is 0.485 bits per heavy atom. The number of hydrogen-bond acceptors (Lipinski definition) is 5. The smallest absolute Gasteiger partial charge is 0.387 e. The number of carbonyl (C=O) groups is 1. The van der Waals surface area contributed by atoms with E-state index in [0.29, 0.717) is 17.4 Å². The second kappa shape index (κ2) is 51.2. The molecule has 0 aliphatic rings. The van der Waals surface area contributed by atoms with Crippen LogP contribution in [-0.4, -0.2) is 73.4 Å². The molecule has 406 valence electrons. The van der Waals surface area contributed by atoms with Crippen LogP contribution in [0.15, 0.2) is 12.2 Å². The molecule has 3 N–H and O–H groups in total. The molecule has 68 heavy (non-hydrogen) atoms. The van der Waals surface area contributed by atoms with Crippen LogP contribution in [0, 0.1) is 0 Å². The van der Waals surface area contributed by atoms with E-state index >= 15 is 0 Å². The number of amides is 1. The van der Waals surface area contributed by atoms with E-state index in [-0.39, 0.29) is 19.1 Å². The second-order valence-electron chi connectivity index (χ2n) is 22.1. The topological polar surface area (TPSA) is 105 Å². The van der Waals surface area contributed by atoms with Gasteiger partial charge in [0.2, 0.25) is 5.91 Å². The van der Waals surface area contributed by atoms with Crippen LogP contribution in [-0.2, 0) is 18.4 Å². The lowest BCUT2D eigenvalue weighted by Crippen LogP contribution is -2.45. The Balaban J connectivity index is 4.07. The number of aliphatic hydroxyl groups is 1. The van der Waals surface area contributed by atoms with E-state index in [1.54, 1.807) is 6.08 Å². The molecule has 8 nitrogen and oxygen atoms in total. The van der Waals surface area contributed by atoms with Crippen LogP contribution in [0.1, 0.15) is 309 Å². The number of allylic oxidation sites excluding steroid dienone is 1. The van der Waals surface area contributed by atoms with Gasteiger partial charge >= 0.3 is 7.82 Å². The largest absolute Gasteiger partial charge is 0.472 e. The van der Waals surface area contributed by atoms with Gasteiger partial charge in [-0.3, -0.25) is 13.8 Å². The zero-order valence-corrected chi connectivity index (χ0v) is 47.3. The van der Waals surface area contributed by atoms with Gasteiger partial charge < -0.3 is 19.8 Å². The maximum absolute atomic E-state index is 13.0. The molecule has 1 amide bonds. The summed E-state index contributed by atoms with van der Waals surface area (Å²) in [4.78, 5) is 23.3. The van der Waals surface area contributed by atoms with E-state index < -0.39 is 20.0 Å². The summed E-state index contributed by atoms with van der Waals surface area (Å²) in [6.07, 6.45) is 63.2. The van der Waals surface area contributed by atoms with Crippen LogP contribution in [0.4, 0.5) is 0 Å². The Kier molecular flexibility index (Phi) is 50.6. The third kappa shape index (κ3) is 53.0. The first-order valence-electron chi connectivity index (χ1n) is 30.1. The zero-order chi connectivity index (χ0) is 49.9. The standard InChI is InChI=1S/C59H119N2O6P/c1-6-8-10-12-14-16-18-20-22-24-25-26-27-28-29-30-31-32-33-34-35-37-39-41-43-45-47-49-51-53-59(63)60-57(56-67-68(64,65)66-55-54-61(3,4)5)58(62)52-50-48-46-44-42-40-38-36-23-21-19-17-15-13-11-9-7-2/h50,52,57-58,62H,6-49,51,53-56H2,1-5H3,(H-,60,63,64,65)/p+1/b52-50+. The average Bonchev–Trinajstić information content (AvgIpc) is 3.30. The minimum Gasteiger partial charge on any atom is -0.387 e. The average molecular weight is 985 g/mol. The highest BCUT2D eigenvalue weighted by molar-refractivity contribution is 7.47. The number of unbranched alkanes of at least 4 members (excludes halogenated alkanes) is 43. The van der Waals surface area contributed by atoms with Crippen molar-refractivity contribution in [2.75, 3.05) is 40.9 Å². The summed E-state index contributed by atoms with van der Waals surface area (Å²) < 4.78 is 23.7. The molecule has 0 saturated heterocycles. The number of quaternary nitrogens is 1. The fourth-order valence-corrected chi connectivity index (χ4v) is 10.0. The number of likely N-dealkylation sites (N-methyl/N-ethyl adjacent to an activating group) is 1. The summed E-state index contributed by atoms with van der Waals surface area (Å²) >= 11 is 0. The quantitative estimate of drug-likeness (QED) is 0.0243. The SMILES string of the molecule is CCCCCCCCCCCCCCCCC/C=C/C(O)C(COP(=O)(O)OCC[N+](C)(C)C)NC(=O)CCCCCCCCCCCCCCCCCCCCCCCCCCCCCCC. The maximum Gasteiger partial charge on any atom is 0.472 e. The molecule has 0 heterocycles. The van der Waals surface area contributed by atoms with Gasteiger partial charge in [0.25, 0.3) is 0 Å². The van der Waals surface area contributed by atoms with Crippen molar-refractivity contribution in [3.63, 3.8) is 0 Å². The first-order chi connectivity index (χ1) is 33.0. The van der Waals surface area contributed by atoms with Crippen molar-refractivity contribution < 1.29 is 32.9 Å². The molecular weight excluding hydrogens is 864 g/mol. The van der Waals surface area contributed by atoms with Gasteiger partial charge in [0.1, 0.15) is 13.2 Å². The number of nitrogens with one attached hydrogen (secondary N) is 1. The first kappa shape index (κ1) is 67.2. The minimum atomic E-state index is -4.34. The van der Waals surface area contributed by atoms with E-state index in [9.17, 15) is 19.4 Å². The predicted octanol–water partition coefficient (Wildman–Crippen LogP) is 18.2. The molecule has 0 radical (unpaired) electrons. The molecule has 0 aromatic rings. The molecule has 0 bridgehead atoms. The summed E-state index contributed by atoms with van der Waals surface area (Å²) in [6, 6.07) is -0.842. The summed E-state index contributed by atoms with van der Waals surface area (Å²) in [5.74, 6) is -0.169. The molecule has 0 aliphatic carbocycles.